The van der Waals surface area contributed by atoms with Gasteiger partial charge in [0.1, 0.15) is 5.82 Å². The third kappa shape index (κ3) is 3.07. The van der Waals surface area contributed by atoms with Gasteiger partial charge in [-0.25, -0.2) is 9.97 Å². The molecule has 0 spiro atoms. The lowest BCUT2D eigenvalue weighted by Gasteiger charge is -2.10. The smallest absolute Gasteiger partial charge is 0.142 e. The van der Waals surface area contributed by atoms with Crippen LogP contribution in [0.15, 0.2) is 6.20 Å². The Morgan fingerprint density at radius 2 is 2.07 bits per heavy atom. The Balaban J connectivity index is 2.78. The zero-order valence-electron chi connectivity index (χ0n) is 9.54. The molecule has 0 saturated carbocycles. The summed E-state index contributed by atoms with van der Waals surface area (Å²) in [5.41, 5.74) is 2.40. The summed E-state index contributed by atoms with van der Waals surface area (Å²) < 4.78 is 0. The van der Waals surface area contributed by atoms with Crippen LogP contribution in [0.5, 0.6) is 0 Å². The predicted molar refractivity (Wildman–Crippen MR) is 58.2 cm³/mol. The highest BCUT2D eigenvalue weighted by Crippen LogP contribution is 2.07. The van der Waals surface area contributed by atoms with Crippen molar-refractivity contribution in [2.45, 2.75) is 33.2 Å². The molecule has 0 N–H and O–H groups in total. The van der Waals surface area contributed by atoms with Crippen LogP contribution in [0.3, 0.4) is 0 Å². The van der Waals surface area contributed by atoms with Gasteiger partial charge >= 0.3 is 0 Å². The Hall–Kier alpha value is -0.960. The molecular weight excluding hydrogens is 174 g/mol. The van der Waals surface area contributed by atoms with Crippen LogP contribution in [0.2, 0.25) is 0 Å². The predicted octanol–water partition coefficient (Wildman–Crippen LogP) is 1.80. The second-order valence-corrected chi connectivity index (χ2v) is 3.88. The van der Waals surface area contributed by atoms with Crippen LogP contribution in [0.1, 0.15) is 30.4 Å². The van der Waals surface area contributed by atoms with E-state index in [2.05, 4.69) is 28.7 Å². The molecule has 0 aliphatic carbocycles. The van der Waals surface area contributed by atoms with Gasteiger partial charge in [-0.15, -0.1) is 0 Å². The van der Waals surface area contributed by atoms with Gasteiger partial charge in [-0.2, -0.15) is 0 Å². The number of aromatic nitrogens is 2. The number of hydrogen-bond donors (Lipinski definition) is 0. The third-order valence-electron chi connectivity index (χ3n) is 2.11. The summed E-state index contributed by atoms with van der Waals surface area (Å²) in [5.74, 6) is 0.910. The van der Waals surface area contributed by atoms with Crippen molar-refractivity contribution in [1.82, 2.24) is 14.9 Å². The summed E-state index contributed by atoms with van der Waals surface area (Å²) in [5, 5.41) is 0. The molecule has 1 heterocycles. The average molecular weight is 193 g/mol. The Morgan fingerprint density at radius 3 is 2.57 bits per heavy atom. The molecule has 0 aliphatic rings. The second kappa shape index (κ2) is 5.05. The fraction of sp³-hybridized carbons (Fsp3) is 0.636. The Labute approximate surface area is 86.2 Å². The summed E-state index contributed by atoms with van der Waals surface area (Å²) in [7, 11) is 4.05. The van der Waals surface area contributed by atoms with Gasteiger partial charge in [0, 0.05) is 11.9 Å². The van der Waals surface area contributed by atoms with E-state index < -0.39 is 0 Å². The summed E-state index contributed by atoms with van der Waals surface area (Å²) >= 11 is 0. The minimum absolute atomic E-state index is 0.813. The Morgan fingerprint density at radius 1 is 1.36 bits per heavy atom. The molecule has 1 rings (SSSR count). The number of rotatable bonds is 4. The molecule has 0 amide bonds. The zero-order valence-corrected chi connectivity index (χ0v) is 9.54. The first-order valence-electron chi connectivity index (χ1n) is 5.09. The van der Waals surface area contributed by atoms with Gasteiger partial charge in [0.25, 0.3) is 0 Å². The average Bonchev–Trinajstić information content (AvgIpc) is 2.09. The van der Waals surface area contributed by atoms with Crippen molar-refractivity contribution in [2.24, 2.45) is 0 Å². The van der Waals surface area contributed by atoms with Crippen molar-refractivity contribution >= 4 is 0 Å². The van der Waals surface area contributed by atoms with E-state index in [1.54, 1.807) is 0 Å². The first kappa shape index (κ1) is 11.1. The molecule has 0 saturated heterocycles. The minimum atomic E-state index is 0.813. The monoisotopic (exact) mass is 193 g/mol. The van der Waals surface area contributed by atoms with Gasteiger partial charge in [-0.05, 0) is 33.0 Å². The maximum absolute atomic E-state index is 4.48. The fourth-order valence-electron chi connectivity index (χ4n) is 1.41. The minimum Gasteiger partial charge on any atom is -0.302 e. The second-order valence-electron chi connectivity index (χ2n) is 3.88. The van der Waals surface area contributed by atoms with E-state index in [-0.39, 0.29) is 0 Å². The van der Waals surface area contributed by atoms with Gasteiger partial charge in [0.2, 0.25) is 0 Å². The van der Waals surface area contributed by atoms with Gasteiger partial charge in [-0.1, -0.05) is 13.3 Å². The number of hydrogen-bond acceptors (Lipinski definition) is 3. The van der Waals surface area contributed by atoms with Crippen LogP contribution in [-0.2, 0) is 13.0 Å². The van der Waals surface area contributed by atoms with Crippen molar-refractivity contribution < 1.29 is 0 Å². The lowest BCUT2D eigenvalue weighted by atomic mass is 10.1. The van der Waals surface area contributed by atoms with E-state index in [1.807, 2.05) is 20.3 Å². The molecule has 1 aromatic rings. The van der Waals surface area contributed by atoms with E-state index >= 15 is 0 Å². The molecule has 78 valence electrons. The lowest BCUT2D eigenvalue weighted by molar-refractivity contribution is 0.389. The lowest BCUT2D eigenvalue weighted by Crippen LogP contribution is -2.14. The van der Waals surface area contributed by atoms with E-state index in [1.165, 1.54) is 5.56 Å². The molecule has 0 bridgehead atoms. The largest absolute Gasteiger partial charge is 0.302 e. The molecule has 3 nitrogen and oxygen atoms in total. The SMILES string of the molecule is CCCc1cnc(CN(C)C)nc1C. The molecule has 0 unspecified atom stereocenters. The van der Waals surface area contributed by atoms with Crippen LogP contribution in [0, 0.1) is 6.92 Å². The van der Waals surface area contributed by atoms with E-state index in [0.29, 0.717) is 0 Å². The summed E-state index contributed by atoms with van der Waals surface area (Å²) in [6, 6.07) is 0. The molecule has 0 aliphatic heterocycles. The molecule has 0 aromatic carbocycles. The Bertz CT molecular complexity index is 295. The maximum atomic E-state index is 4.48. The summed E-state index contributed by atoms with van der Waals surface area (Å²) in [6.07, 6.45) is 4.19. The zero-order chi connectivity index (χ0) is 10.6. The van der Waals surface area contributed by atoms with Crippen molar-refractivity contribution in [3.63, 3.8) is 0 Å². The highest BCUT2D eigenvalue weighted by molar-refractivity contribution is 5.16. The normalized spacial score (nSPS) is 10.9. The standard InChI is InChI=1S/C11H19N3/c1-5-6-10-7-12-11(8-14(3)4)13-9(10)2/h7H,5-6,8H2,1-4H3. The van der Waals surface area contributed by atoms with Gasteiger partial charge in [-0.3, -0.25) is 0 Å². The van der Waals surface area contributed by atoms with Gasteiger partial charge < -0.3 is 4.90 Å². The van der Waals surface area contributed by atoms with Crippen molar-refractivity contribution in [3.05, 3.63) is 23.3 Å². The van der Waals surface area contributed by atoms with Gasteiger partial charge in [0.15, 0.2) is 0 Å². The first-order chi connectivity index (χ1) is 6.63. The topological polar surface area (TPSA) is 29.0 Å². The molecule has 0 fully saturated rings. The maximum Gasteiger partial charge on any atom is 0.142 e. The quantitative estimate of drug-likeness (QED) is 0.730. The molecule has 0 atom stereocenters. The summed E-state index contributed by atoms with van der Waals surface area (Å²) in [6.45, 7) is 5.05. The van der Waals surface area contributed by atoms with Crippen molar-refractivity contribution in [3.8, 4) is 0 Å². The summed E-state index contributed by atoms with van der Waals surface area (Å²) in [4.78, 5) is 10.9. The van der Waals surface area contributed by atoms with Crippen LogP contribution in [0.25, 0.3) is 0 Å². The van der Waals surface area contributed by atoms with E-state index in [0.717, 1.165) is 30.9 Å². The molecule has 0 radical (unpaired) electrons. The Kier molecular flexibility index (Phi) is 4.01. The highest BCUT2D eigenvalue weighted by atomic mass is 15.1. The van der Waals surface area contributed by atoms with E-state index in [9.17, 15) is 0 Å². The third-order valence-corrected chi connectivity index (χ3v) is 2.11. The number of nitrogens with zero attached hydrogens (tertiary/aromatic N) is 3. The molecular formula is C11H19N3. The van der Waals surface area contributed by atoms with Crippen LogP contribution in [0.4, 0.5) is 0 Å². The molecule has 3 heteroatoms. The van der Waals surface area contributed by atoms with Crippen LogP contribution < -0.4 is 0 Å². The van der Waals surface area contributed by atoms with E-state index in [4.69, 9.17) is 0 Å². The fourth-order valence-corrected chi connectivity index (χ4v) is 1.41. The first-order valence-corrected chi connectivity index (χ1v) is 5.09. The van der Waals surface area contributed by atoms with Crippen molar-refractivity contribution in [1.29, 1.82) is 0 Å². The highest BCUT2D eigenvalue weighted by Gasteiger charge is 2.03. The molecule has 14 heavy (non-hydrogen) atoms. The molecule has 1 aromatic heterocycles. The van der Waals surface area contributed by atoms with Crippen LogP contribution in [-0.4, -0.2) is 29.0 Å². The van der Waals surface area contributed by atoms with Gasteiger partial charge in [0.05, 0.1) is 6.54 Å². The van der Waals surface area contributed by atoms with Crippen molar-refractivity contribution in [2.75, 3.05) is 14.1 Å². The number of aryl methyl sites for hydroxylation is 2. The van der Waals surface area contributed by atoms with Crippen LogP contribution >= 0.6 is 0 Å².